The molecular formula is C17H12F3NO2. The molecule has 1 aromatic heterocycles. The average molecular weight is 319 g/mol. The highest BCUT2D eigenvalue weighted by molar-refractivity contribution is 5.86. The zero-order chi connectivity index (χ0) is 16.6. The first-order chi connectivity index (χ1) is 10.9. The SMILES string of the molecule is COn1c(-c2ccccc2)cc2ccc(C(F)(F)F)cc2c1=O. The Kier molecular flexibility index (Phi) is 3.60. The van der Waals surface area contributed by atoms with E-state index >= 15 is 0 Å². The number of alkyl halides is 3. The van der Waals surface area contributed by atoms with Crippen molar-refractivity contribution in [2.24, 2.45) is 0 Å². The number of rotatable bonds is 2. The van der Waals surface area contributed by atoms with E-state index in [4.69, 9.17) is 4.84 Å². The Bertz CT molecular complexity index is 915. The lowest BCUT2D eigenvalue weighted by atomic mass is 10.0. The molecular weight excluding hydrogens is 307 g/mol. The number of fused-ring (bicyclic) bond motifs is 1. The summed E-state index contributed by atoms with van der Waals surface area (Å²) in [6, 6.07) is 13.8. The molecule has 1 heterocycles. The number of nitrogens with zero attached hydrogens (tertiary/aromatic N) is 1. The summed E-state index contributed by atoms with van der Waals surface area (Å²) in [5.74, 6) is 0. The number of benzene rings is 2. The Morgan fingerprint density at radius 1 is 1.00 bits per heavy atom. The maximum atomic E-state index is 12.8. The molecule has 0 spiro atoms. The second-order valence-corrected chi connectivity index (χ2v) is 4.98. The van der Waals surface area contributed by atoms with Crippen LogP contribution < -0.4 is 10.4 Å². The highest BCUT2D eigenvalue weighted by atomic mass is 19.4. The normalized spacial score (nSPS) is 11.7. The summed E-state index contributed by atoms with van der Waals surface area (Å²) in [4.78, 5) is 17.6. The standard InChI is InChI=1S/C17H12F3NO2/c1-23-21-15(11-5-3-2-4-6-11)9-12-7-8-13(17(18,19)20)10-14(12)16(21)22/h2-10H,1H3. The van der Waals surface area contributed by atoms with E-state index in [1.807, 2.05) is 6.07 Å². The van der Waals surface area contributed by atoms with Gasteiger partial charge in [0.2, 0.25) is 0 Å². The summed E-state index contributed by atoms with van der Waals surface area (Å²) in [6.07, 6.45) is -4.50. The molecule has 0 saturated heterocycles. The van der Waals surface area contributed by atoms with Crippen LogP contribution in [-0.2, 0) is 6.18 Å². The first-order valence-electron chi connectivity index (χ1n) is 6.79. The molecule has 23 heavy (non-hydrogen) atoms. The fraction of sp³-hybridized carbons (Fsp3) is 0.118. The minimum absolute atomic E-state index is 0.0404. The quantitative estimate of drug-likeness (QED) is 0.720. The highest BCUT2D eigenvalue weighted by Crippen LogP contribution is 2.31. The third kappa shape index (κ3) is 2.67. The average Bonchev–Trinajstić information content (AvgIpc) is 2.54. The summed E-state index contributed by atoms with van der Waals surface area (Å²) < 4.78 is 39.5. The Labute approximate surface area is 129 Å². The molecule has 0 fully saturated rings. The molecule has 0 aliphatic rings. The highest BCUT2D eigenvalue weighted by Gasteiger charge is 2.31. The molecule has 0 bridgehead atoms. The van der Waals surface area contributed by atoms with Crippen LogP contribution in [0, 0.1) is 0 Å². The van der Waals surface area contributed by atoms with Gasteiger partial charge in [-0.25, -0.2) is 0 Å². The van der Waals surface area contributed by atoms with Gasteiger partial charge in [0, 0.05) is 5.56 Å². The van der Waals surface area contributed by atoms with Crippen molar-refractivity contribution in [1.82, 2.24) is 4.73 Å². The van der Waals surface area contributed by atoms with E-state index in [9.17, 15) is 18.0 Å². The van der Waals surface area contributed by atoms with Crippen LogP contribution in [0.4, 0.5) is 13.2 Å². The van der Waals surface area contributed by atoms with Crippen molar-refractivity contribution < 1.29 is 18.0 Å². The van der Waals surface area contributed by atoms with Gasteiger partial charge in [0.15, 0.2) is 0 Å². The lowest BCUT2D eigenvalue weighted by molar-refractivity contribution is -0.137. The molecule has 118 valence electrons. The Morgan fingerprint density at radius 2 is 1.70 bits per heavy atom. The predicted molar refractivity (Wildman–Crippen MR) is 81.2 cm³/mol. The maximum Gasteiger partial charge on any atom is 0.416 e. The fourth-order valence-corrected chi connectivity index (χ4v) is 2.46. The lowest BCUT2D eigenvalue weighted by Crippen LogP contribution is -2.26. The van der Waals surface area contributed by atoms with Crippen LogP contribution in [0.15, 0.2) is 59.4 Å². The third-order valence-electron chi connectivity index (χ3n) is 3.56. The summed E-state index contributed by atoms with van der Waals surface area (Å²) in [5.41, 5.74) is -0.286. The summed E-state index contributed by atoms with van der Waals surface area (Å²) in [7, 11) is 1.30. The van der Waals surface area contributed by atoms with Gasteiger partial charge in [0.25, 0.3) is 5.56 Å². The van der Waals surface area contributed by atoms with Gasteiger partial charge in [-0.05, 0) is 23.6 Å². The lowest BCUT2D eigenvalue weighted by Gasteiger charge is -2.14. The van der Waals surface area contributed by atoms with Crippen molar-refractivity contribution in [3.8, 4) is 11.3 Å². The molecule has 6 heteroatoms. The smallest absolute Gasteiger partial charge is 0.413 e. The van der Waals surface area contributed by atoms with Crippen molar-refractivity contribution in [2.45, 2.75) is 6.18 Å². The van der Waals surface area contributed by atoms with Crippen molar-refractivity contribution in [1.29, 1.82) is 0 Å². The van der Waals surface area contributed by atoms with Crippen LogP contribution in [0.1, 0.15) is 5.56 Å². The fourth-order valence-electron chi connectivity index (χ4n) is 2.46. The van der Waals surface area contributed by atoms with Crippen LogP contribution in [-0.4, -0.2) is 11.8 Å². The minimum atomic E-state index is -4.50. The van der Waals surface area contributed by atoms with Crippen LogP contribution in [0.2, 0.25) is 0 Å². The van der Waals surface area contributed by atoms with Crippen molar-refractivity contribution in [3.63, 3.8) is 0 Å². The molecule has 0 atom stereocenters. The van der Waals surface area contributed by atoms with E-state index in [1.54, 1.807) is 30.3 Å². The first-order valence-corrected chi connectivity index (χ1v) is 6.79. The molecule has 0 radical (unpaired) electrons. The maximum absolute atomic E-state index is 12.8. The van der Waals surface area contributed by atoms with E-state index < -0.39 is 17.3 Å². The second-order valence-electron chi connectivity index (χ2n) is 4.98. The van der Waals surface area contributed by atoms with Crippen molar-refractivity contribution in [2.75, 3.05) is 7.11 Å². The zero-order valence-corrected chi connectivity index (χ0v) is 12.1. The molecule has 0 aliphatic carbocycles. The Morgan fingerprint density at radius 3 is 2.30 bits per heavy atom. The number of pyridine rings is 1. The van der Waals surface area contributed by atoms with E-state index in [0.29, 0.717) is 11.1 Å². The van der Waals surface area contributed by atoms with Gasteiger partial charge in [-0.1, -0.05) is 36.4 Å². The van der Waals surface area contributed by atoms with E-state index in [-0.39, 0.29) is 5.39 Å². The van der Waals surface area contributed by atoms with Crippen LogP contribution in [0.25, 0.3) is 22.0 Å². The van der Waals surface area contributed by atoms with Gasteiger partial charge in [-0.15, -0.1) is 4.73 Å². The molecule has 2 aromatic carbocycles. The first kappa shape index (κ1) is 15.1. The minimum Gasteiger partial charge on any atom is -0.413 e. The number of halogens is 3. The van der Waals surface area contributed by atoms with Crippen LogP contribution >= 0.6 is 0 Å². The summed E-state index contributed by atoms with van der Waals surface area (Å²) >= 11 is 0. The van der Waals surface area contributed by atoms with Crippen LogP contribution in [0.5, 0.6) is 0 Å². The number of hydrogen-bond acceptors (Lipinski definition) is 2. The monoisotopic (exact) mass is 319 g/mol. The van der Waals surface area contributed by atoms with Gasteiger partial charge in [0.1, 0.15) is 7.11 Å². The Balaban J connectivity index is 2.32. The van der Waals surface area contributed by atoms with Gasteiger partial charge in [0.05, 0.1) is 16.6 Å². The predicted octanol–water partition coefficient (Wildman–Crippen LogP) is 3.75. The molecule has 0 saturated carbocycles. The number of aromatic nitrogens is 1. The molecule has 0 aliphatic heterocycles. The molecule has 3 rings (SSSR count). The van der Waals surface area contributed by atoms with Gasteiger partial charge in [-0.3, -0.25) is 4.79 Å². The van der Waals surface area contributed by atoms with E-state index in [0.717, 1.165) is 22.4 Å². The molecule has 0 N–H and O–H groups in total. The zero-order valence-electron chi connectivity index (χ0n) is 12.1. The molecule has 3 nitrogen and oxygen atoms in total. The summed E-state index contributed by atoms with van der Waals surface area (Å²) in [5, 5.41) is 0.386. The van der Waals surface area contributed by atoms with Gasteiger partial charge < -0.3 is 4.84 Å². The third-order valence-corrected chi connectivity index (χ3v) is 3.56. The van der Waals surface area contributed by atoms with Crippen molar-refractivity contribution >= 4 is 10.8 Å². The Hall–Kier alpha value is -2.76. The van der Waals surface area contributed by atoms with E-state index in [1.165, 1.54) is 13.2 Å². The van der Waals surface area contributed by atoms with Gasteiger partial charge >= 0.3 is 6.18 Å². The molecule has 3 aromatic rings. The van der Waals surface area contributed by atoms with Crippen LogP contribution in [0.3, 0.4) is 0 Å². The molecule has 0 unspecified atom stereocenters. The molecule has 0 amide bonds. The largest absolute Gasteiger partial charge is 0.416 e. The topological polar surface area (TPSA) is 31.2 Å². The second kappa shape index (κ2) is 5.46. The van der Waals surface area contributed by atoms with E-state index in [2.05, 4.69) is 0 Å². The summed E-state index contributed by atoms with van der Waals surface area (Å²) in [6.45, 7) is 0. The number of hydrogen-bond donors (Lipinski definition) is 0. The van der Waals surface area contributed by atoms with Gasteiger partial charge in [-0.2, -0.15) is 13.2 Å². The van der Waals surface area contributed by atoms with Crippen molar-refractivity contribution in [3.05, 3.63) is 70.5 Å².